The summed E-state index contributed by atoms with van der Waals surface area (Å²) in [5.41, 5.74) is 5.73. The SMILES string of the molecule is C=Cc1[nH]ncc1/C=C/NC(C1=CCCCCC1)c1cn[nH]c1C. The van der Waals surface area contributed by atoms with Crippen LogP contribution in [0.15, 0.2) is 36.8 Å². The fourth-order valence-corrected chi connectivity index (χ4v) is 3.19. The van der Waals surface area contributed by atoms with Gasteiger partial charge in [-0.25, -0.2) is 0 Å². The maximum Gasteiger partial charge on any atom is 0.0755 e. The molecule has 2 aromatic rings. The van der Waals surface area contributed by atoms with Crippen LogP contribution in [0.5, 0.6) is 0 Å². The summed E-state index contributed by atoms with van der Waals surface area (Å²) in [4.78, 5) is 0. The van der Waals surface area contributed by atoms with E-state index in [1.165, 1.54) is 30.4 Å². The van der Waals surface area contributed by atoms with Gasteiger partial charge in [0.1, 0.15) is 0 Å². The van der Waals surface area contributed by atoms with Crippen LogP contribution >= 0.6 is 0 Å². The van der Waals surface area contributed by atoms with E-state index in [1.54, 1.807) is 12.3 Å². The first-order chi connectivity index (χ1) is 11.8. The van der Waals surface area contributed by atoms with E-state index in [0.29, 0.717) is 0 Å². The first-order valence-electron chi connectivity index (χ1n) is 8.57. The number of aryl methyl sites for hydroxylation is 1. The molecule has 126 valence electrons. The molecule has 24 heavy (non-hydrogen) atoms. The maximum atomic E-state index is 4.20. The van der Waals surface area contributed by atoms with E-state index in [-0.39, 0.29) is 6.04 Å². The standard InChI is InChI=1S/C19H25N5/c1-3-18-16(12-21-24-18)10-11-20-19(17-13-22-23-14(17)2)15-8-6-4-5-7-9-15/h3,8,10-13,19-20H,1,4-7,9H2,2H3,(H,21,24)(H,22,23)/b11-10+. The zero-order valence-electron chi connectivity index (χ0n) is 14.2. The molecule has 0 spiro atoms. The quantitative estimate of drug-likeness (QED) is 0.695. The predicted molar refractivity (Wildman–Crippen MR) is 98.1 cm³/mol. The van der Waals surface area contributed by atoms with Gasteiger partial charge in [-0.1, -0.05) is 19.1 Å². The Labute approximate surface area is 143 Å². The summed E-state index contributed by atoms with van der Waals surface area (Å²) in [5.74, 6) is 0. The average molecular weight is 323 g/mol. The van der Waals surface area contributed by atoms with Gasteiger partial charge in [0, 0.05) is 16.8 Å². The second-order valence-electron chi connectivity index (χ2n) is 6.20. The van der Waals surface area contributed by atoms with E-state index in [0.717, 1.165) is 29.8 Å². The molecule has 5 nitrogen and oxygen atoms in total. The van der Waals surface area contributed by atoms with Gasteiger partial charge in [-0.15, -0.1) is 0 Å². The van der Waals surface area contributed by atoms with Crippen LogP contribution < -0.4 is 5.32 Å². The first-order valence-corrected chi connectivity index (χ1v) is 8.57. The van der Waals surface area contributed by atoms with Gasteiger partial charge in [0.25, 0.3) is 0 Å². The Hall–Kier alpha value is -2.56. The van der Waals surface area contributed by atoms with Gasteiger partial charge in [0.05, 0.1) is 24.1 Å². The van der Waals surface area contributed by atoms with Crippen molar-refractivity contribution in [2.45, 2.75) is 45.1 Å². The Morgan fingerprint density at radius 2 is 2.08 bits per heavy atom. The van der Waals surface area contributed by atoms with Crippen molar-refractivity contribution in [3.05, 3.63) is 59.3 Å². The minimum atomic E-state index is 0.164. The molecule has 0 amide bonds. The lowest BCUT2D eigenvalue weighted by Gasteiger charge is -2.20. The number of aromatic nitrogens is 4. The highest BCUT2D eigenvalue weighted by Gasteiger charge is 2.19. The smallest absolute Gasteiger partial charge is 0.0755 e. The summed E-state index contributed by atoms with van der Waals surface area (Å²) in [6.45, 7) is 5.87. The molecule has 0 saturated carbocycles. The molecule has 0 aromatic carbocycles. The Balaban J connectivity index is 1.81. The van der Waals surface area contributed by atoms with Crippen LogP contribution in [0, 0.1) is 6.92 Å². The van der Waals surface area contributed by atoms with Crippen LogP contribution in [0.3, 0.4) is 0 Å². The second kappa shape index (κ2) is 7.81. The van der Waals surface area contributed by atoms with Crippen molar-refractivity contribution < 1.29 is 0 Å². The summed E-state index contributed by atoms with van der Waals surface area (Å²) in [7, 11) is 0. The third-order valence-corrected chi connectivity index (χ3v) is 4.56. The van der Waals surface area contributed by atoms with E-state index >= 15 is 0 Å². The molecule has 0 saturated heterocycles. The van der Waals surface area contributed by atoms with Crippen molar-refractivity contribution >= 4 is 12.2 Å². The van der Waals surface area contributed by atoms with Crippen molar-refractivity contribution in [2.75, 3.05) is 0 Å². The van der Waals surface area contributed by atoms with Crippen LogP contribution in [0.1, 0.15) is 60.7 Å². The minimum Gasteiger partial charge on any atom is -0.380 e. The normalized spacial score (nSPS) is 16.6. The summed E-state index contributed by atoms with van der Waals surface area (Å²) in [6, 6.07) is 0.164. The molecule has 0 aliphatic heterocycles. The van der Waals surface area contributed by atoms with Crippen LogP contribution in [-0.2, 0) is 0 Å². The molecule has 0 bridgehead atoms. The third kappa shape index (κ3) is 3.67. The summed E-state index contributed by atoms with van der Waals surface area (Å²) >= 11 is 0. The molecule has 5 heteroatoms. The van der Waals surface area contributed by atoms with Gasteiger partial charge in [0.15, 0.2) is 0 Å². The summed E-state index contributed by atoms with van der Waals surface area (Å²) in [5, 5.41) is 17.8. The van der Waals surface area contributed by atoms with Crippen molar-refractivity contribution in [3.63, 3.8) is 0 Å². The molecular weight excluding hydrogens is 298 g/mol. The Bertz CT molecular complexity index is 735. The monoisotopic (exact) mass is 323 g/mol. The third-order valence-electron chi connectivity index (χ3n) is 4.56. The summed E-state index contributed by atoms with van der Waals surface area (Å²) in [6.07, 6.45) is 18.1. The zero-order chi connectivity index (χ0) is 16.8. The molecule has 2 heterocycles. The average Bonchev–Trinajstić information content (AvgIpc) is 3.12. The topological polar surface area (TPSA) is 69.4 Å². The molecule has 1 aliphatic rings. The molecule has 1 atom stereocenters. The molecule has 1 aliphatic carbocycles. The van der Waals surface area contributed by atoms with E-state index in [1.807, 2.05) is 18.5 Å². The number of hydrogen-bond acceptors (Lipinski definition) is 3. The molecule has 3 N–H and O–H groups in total. The van der Waals surface area contributed by atoms with Crippen LogP contribution in [0.2, 0.25) is 0 Å². The number of rotatable bonds is 6. The highest BCUT2D eigenvalue weighted by Crippen LogP contribution is 2.30. The number of nitrogens with one attached hydrogen (secondary N) is 3. The van der Waals surface area contributed by atoms with Crippen LogP contribution in [-0.4, -0.2) is 20.4 Å². The molecule has 2 aromatic heterocycles. The Morgan fingerprint density at radius 3 is 2.88 bits per heavy atom. The predicted octanol–water partition coefficient (Wildman–Crippen LogP) is 4.28. The maximum absolute atomic E-state index is 4.20. The van der Waals surface area contributed by atoms with Crippen molar-refractivity contribution in [1.29, 1.82) is 0 Å². The van der Waals surface area contributed by atoms with Crippen LogP contribution in [0.25, 0.3) is 12.2 Å². The summed E-state index contributed by atoms with van der Waals surface area (Å²) < 4.78 is 0. The number of nitrogens with zero attached hydrogens (tertiary/aromatic N) is 2. The minimum absolute atomic E-state index is 0.164. The lowest BCUT2D eigenvalue weighted by Crippen LogP contribution is -2.18. The van der Waals surface area contributed by atoms with Gasteiger partial charge < -0.3 is 5.32 Å². The Morgan fingerprint density at radius 1 is 1.21 bits per heavy atom. The molecule has 3 rings (SSSR count). The van der Waals surface area contributed by atoms with Gasteiger partial charge in [-0.2, -0.15) is 10.2 Å². The molecular formula is C19H25N5. The zero-order valence-corrected chi connectivity index (χ0v) is 14.2. The number of hydrogen-bond donors (Lipinski definition) is 3. The van der Waals surface area contributed by atoms with Crippen molar-refractivity contribution in [1.82, 2.24) is 25.7 Å². The fourth-order valence-electron chi connectivity index (χ4n) is 3.19. The Kier molecular flexibility index (Phi) is 5.31. The molecule has 0 radical (unpaired) electrons. The van der Waals surface area contributed by atoms with E-state index in [4.69, 9.17) is 0 Å². The first kappa shape index (κ1) is 16.3. The number of allylic oxidation sites excluding steroid dienone is 1. The number of aromatic amines is 2. The fraction of sp³-hybridized carbons (Fsp3) is 0.368. The van der Waals surface area contributed by atoms with Crippen molar-refractivity contribution in [2.24, 2.45) is 0 Å². The van der Waals surface area contributed by atoms with Crippen molar-refractivity contribution in [3.8, 4) is 0 Å². The second-order valence-corrected chi connectivity index (χ2v) is 6.20. The van der Waals surface area contributed by atoms with E-state index in [9.17, 15) is 0 Å². The lowest BCUT2D eigenvalue weighted by atomic mass is 9.95. The van der Waals surface area contributed by atoms with Gasteiger partial charge in [-0.05, 0) is 56.5 Å². The van der Waals surface area contributed by atoms with Gasteiger partial charge in [-0.3, -0.25) is 10.2 Å². The number of H-pyrrole nitrogens is 2. The van der Waals surface area contributed by atoms with E-state index < -0.39 is 0 Å². The lowest BCUT2D eigenvalue weighted by molar-refractivity contribution is 0.647. The molecule has 0 fully saturated rings. The van der Waals surface area contributed by atoms with Crippen LogP contribution in [0.4, 0.5) is 0 Å². The van der Waals surface area contributed by atoms with Gasteiger partial charge in [0.2, 0.25) is 0 Å². The van der Waals surface area contributed by atoms with Gasteiger partial charge >= 0.3 is 0 Å². The highest BCUT2D eigenvalue weighted by molar-refractivity contribution is 5.60. The van der Waals surface area contributed by atoms with E-state index in [2.05, 4.69) is 45.3 Å². The molecule has 1 unspecified atom stereocenters. The largest absolute Gasteiger partial charge is 0.380 e. The highest BCUT2D eigenvalue weighted by atomic mass is 15.1.